The van der Waals surface area contributed by atoms with E-state index in [2.05, 4.69) is 5.32 Å². The number of ether oxygens (including phenoxy) is 2. The molecule has 4 nitrogen and oxygen atoms in total. The molecule has 2 aromatic rings. The van der Waals surface area contributed by atoms with E-state index >= 15 is 0 Å². The van der Waals surface area contributed by atoms with Gasteiger partial charge < -0.3 is 14.8 Å². The number of hydrogen-bond acceptors (Lipinski definition) is 3. The highest BCUT2D eigenvalue weighted by atomic mass is 19.1. The normalized spacial score (nSPS) is 11.8. The third kappa shape index (κ3) is 4.29. The van der Waals surface area contributed by atoms with Crippen LogP contribution in [0.1, 0.15) is 34.5 Å². The number of rotatable bonds is 6. The summed E-state index contributed by atoms with van der Waals surface area (Å²) >= 11 is 0. The van der Waals surface area contributed by atoms with Crippen LogP contribution in [0.15, 0.2) is 42.5 Å². The van der Waals surface area contributed by atoms with Gasteiger partial charge in [0.1, 0.15) is 0 Å². The Morgan fingerprint density at radius 1 is 1.22 bits per heavy atom. The third-order valence-corrected chi connectivity index (χ3v) is 3.52. The van der Waals surface area contributed by atoms with Crippen molar-refractivity contribution in [2.24, 2.45) is 0 Å². The number of halogens is 1. The van der Waals surface area contributed by atoms with Crippen LogP contribution in [-0.4, -0.2) is 20.1 Å². The minimum atomic E-state index is -0.451. The summed E-state index contributed by atoms with van der Waals surface area (Å²) in [5.74, 6) is -0.487. The maximum atomic E-state index is 13.8. The molecule has 23 heavy (non-hydrogen) atoms. The van der Waals surface area contributed by atoms with Gasteiger partial charge in [-0.15, -0.1) is 0 Å². The van der Waals surface area contributed by atoms with E-state index in [1.54, 1.807) is 44.4 Å². The van der Waals surface area contributed by atoms with Crippen molar-refractivity contribution in [3.05, 3.63) is 65.0 Å². The van der Waals surface area contributed by atoms with Crippen molar-refractivity contribution >= 4 is 5.91 Å². The number of benzene rings is 2. The van der Waals surface area contributed by atoms with Gasteiger partial charge in [-0.05, 0) is 42.3 Å². The van der Waals surface area contributed by atoms with Gasteiger partial charge in [-0.25, -0.2) is 4.39 Å². The van der Waals surface area contributed by atoms with Crippen molar-refractivity contribution in [1.82, 2.24) is 5.32 Å². The first-order chi connectivity index (χ1) is 11.0. The van der Waals surface area contributed by atoms with Crippen LogP contribution in [0.5, 0.6) is 5.75 Å². The maximum absolute atomic E-state index is 13.8. The fraction of sp³-hybridized carbons (Fsp3) is 0.278. The summed E-state index contributed by atoms with van der Waals surface area (Å²) in [5.41, 5.74) is 2.13. The van der Waals surface area contributed by atoms with Crippen LogP contribution in [0.4, 0.5) is 4.39 Å². The van der Waals surface area contributed by atoms with Crippen molar-refractivity contribution in [1.29, 1.82) is 0 Å². The molecule has 0 aliphatic rings. The molecule has 0 saturated heterocycles. The summed E-state index contributed by atoms with van der Waals surface area (Å²) in [5, 5.41) is 2.86. The Morgan fingerprint density at radius 2 is 2.00 bits per heavy atom. The van der Waals surface area contributed by atoms with Gasteiger partial charge in [0, 0.05) is 12.7 Å². The number of carbonyl (C=O) groups excluding carboxylic acids is 1. The first-order valence-corrected chi connectivity index (χ1v) is 7.27. The van der Waals surface area contributed by atoms with Gasteiger partial charge in [-0.3, -0.25) is 4.79 Å². The average Bonchev–Trinajstić information content (AvgIpc) is 2.55. The summed E-state index contributed by atoms with van der Waals surface area (Å²) in [6.07, 6.45) is 0. The summed E-state index contributed by atoms with van der Waals surface area (Å²) < 4.78 is 23.7. The van der Waals surface area contributed by atoms with E-state index in [-0.39, 0.29) is 17.7 Å². The molecule has 0 radical (unpaired) electrons. The summed E-state index contributed by atoms with van der Waals surface area (Å²) in [6.45, 7) is 2.25. The molecule has 0 aliphatic heterocycles. The monoisotopic (exact) mass is 317 g/mol. The lowest BCUT2D eigenvalue weighted by molar-refractivity contribution is 0.0939. The Labute approximate surface area is 135 Å². The SMILES string of the molecule is COCc1cccc(C(=O)NC(C)c2ccc(OC)c(F)c2)c1. The predicted molar refractivity (Wildman–Crippen MR) is 86.0 cm³/mol. The number of hydrogen-bond donors (Lipinski definition) is 1. The molecule has 0 saturated carbocycles. The average molecular weight is 317 g/mol. The minimum Gasteiger partial charge on any atom is -0.494 e. The van der Waals surface area contributed by atoms with Crippen molar-refractivity contribution in [2.75, 3.05) is 14.2 Å². The van der Waals surface area contributed by atoms with Gasteiger partial charge >= 0.3 is 0 Å². The molecule has 0 fully saturated rings. The number of amides is 1. The summed E-state index contributed by atoms with van der Waals surface area (Å²) in [6, 6.07) is 11.5. The Bertz CT molecular complexity index is 688. The Kier molecular flexibility index (Phi) is 5.71. The first-order valence-electron chi connectivity index (χ1n) is 7.27. The molecule has 0 spiro atoms. The fourth-order valence-corrected chi connectivity index (χ4v) is 2.28. The lowest BCUT2D eigenvalue weighted by Crippen LogP contribution is -2.26. The zero-order chi connectivity index (χ0) is 16.8. The molecular weight excluding hydrogens is 297 g/mol. The van der Waals surface area contributed by atoms with Crippen LogP contribution in [0.2, 0.25) is 0 Å². The van der Waals surface area contributed by atoms with E-state index in [1.807, 2.05) is 6.07 Å². The topological polar surface area (TPSA) is 47.6 Å². The third-order valence-electron chi connectivity index (χ3n) is 3.52. The van der Waals surface area contributed by atoms with Gasteiger partial charge in [0.2, 0.25) is 0 Å². The highest BCUT2D eigenvalue weighted by molar-refractivity contribution is 5.94. The van der Waals surface area contributed by atoms with Crippen molar-refractivity contribution < 1.29 is 18.7 Å². The minimum absolute atomic E-state index is 0.180. The van der Waals surface area contributed by atoms with Crippen LogP contribution < -0.4 is 10.1 Å². The Hall–Kier alpha value is -2.40. The van der Waals surface area contributed by atoms with E-state index in [0.29, 0.717) is 17.7 Å². The standard InChI is InChI=1S/C18H20FNO3/c1-12(14-7-8-17(23-3)16(19)10-14)20-18(21)15-6-4-5-13(9-15)11-22-2/h4-10,12H,11H2,1-3H3,(H,20,21). The maximum Gasteiger partial charge on any atom is 0.251 e. The Morgan fingerprint density at radius 3 is 2.65 bits per heavy atom. The summed E-state index contributed by atoms with van der Waals surface area (Å²) in [7, 11) is 3.02. The van der Waals surface area contributed by atoms with Crippen molar-refractivity contribution in [3.63, 3.8) is 0 Å². The molecule has 5 heteroatoms. The quantitative estimate of drug-likeness (QED) is 0.887. The lowest BCUT2D eigenvalue weighted by atomic mass is 10.1. The molecule has 1 amide bonds. The number of nitrogens with one attached hydrogen (secondary N) is 1. The predicted octanol–water partition coefficient (Wildman–Crippen LogP) is 3.47. The molecule has 122 valence electrons. The van der Waals surface area contributed by atoms with Crippen LogP contribution in [0, 0.1) is 5.82 Å². The Balaban J connectivity index is 2.10. The van der Waals surface area contributed by atoms with E-state index < -0.39 is 5.82 Å². The van der Waals surface area contributed by atoms with Gasteiger partial charge in [0.15, 0.2) is 11.6 Å². The number of methoxy groups -OCH3 is 2. The van der Waals surface area contributed by atoms with E-state index in [4.69, 9.17) is 9.47 Å². The van der Waals surface area contributed by atoms with Crippen molar-refractivity contribution in [2.45, 2.75) is 19.6 Å². The van der Waals surface area contributed by atoms with Crippen LogP contribution in [0.25, 0.3) is 0 Å². The van der Waals surface area contributed by atoms with Crippen molar-refractivity contribution in [3.8, 4) is 5.75 Å². The van der Waals surface area contributed by atoms with Crippen LogP contribution in [-0.2, 0) is 11.3 Å². The van der Waals surface area contributed by atoms with Gasteiger partial charge in [0.05, 0.1) is 19.8 Å². The second-order valence-electron chi connectivity index (χ2n) is 5.22. The van der Waals surface area contributed by atoms with Crippen LogP contribution in [0.3, 0.4) is 0 Å². The van der Waals surface area contributed by atoms with E-state index in [0.717, 1.165) is 5.56 Å². The highest BCUT2D eigenvalue weighted by Crippen LogP contribution is 2.22. The molecule has 0 bridgehead atoms. The summed E-state index contributed by atoms with van der Waals surface area (Å²) in [4.78, 5) is 12.3. The molecule has 2 rings (SSSR count). The van der Waals surface area contributed by atoms with Crippen LogP contribution >= 0.6 is 0 Å². The van der Waals surface area contributed by atoms with Gasteiger partial charge in [-0.1, -0.05) is 18.2 Å². The largest absolute Gasteiger partial charge is 0.494 e. The number of carbonyl (C=O) groups is 1. The van der Waals surface area contributed by atoms with E-state index in [1.165, 1.54) is 13.2 Å². The molecule has 0 aliphatic carbocycles. The molecule has 1 atom stereocenters. The van der Waals surface area contributed by atoms with Gasteiger partial charge in [-0.2, -0.15) is 0 Å². The molecule has 2 aromatic carbocycles. The lowest BCUT2D eigenvalue weighted by Gasteiger charge is -2.15. The molecular formula is C18H20FNO3. The fourth-order valence-electron chi connectivity index (χ4n) is 2.28. The van der Waals surface area contributed by atoms with E-state index in [9.17, 15) is 9.18 Å². The molecule has 0 aromatic heterocycles. The highest BCUT2D eigenvalue weighted by Gasteiger charge is 2.14. The smallest absolute Gasteiger partial charge is 0.251 e. The second-order valence-corrected chi connectivity index (χ2v) is 5.22. The zero-order valence-electron chi connectivity index (χ0n) is 13.4. The van der Waals surface area contributed by atoms with Gasteiger partial charge in [0.25, 0.3) is 5.91 Å². The molecule has 0 heterocycles. The molecule has 1 unspecified atom stereocenters. The zero-order valence-corrected chi connectivity index (χ0v) is 13.4. The first kappa shape index (κ1) is 17.0. The molecule has 1 N–H and O–H groups in total. The second kappa shape index (κ2) is 7.74.